The fraction of sp³-hybridized carbons (Fsp3) is 0.385. The van der Waals surface area contributed by atoms with Gasteiger partial charge in [0.15, 0.2) is 5.69 Å². The van der Waals surface area contributed by atoms with E-state index in [0.717, 1.165) is 30.2 Å². The number of benzene rings is 1. The molecule has 3 rings (SSSR count). The van der Waals surface area contributed by atoms with Crippen LogP contribution in [-0.2, 0) is 0 Å². The molecule has 1 heterocycles. The van der Waals surface area contributed by atoms with Crippen molar-refractivity contribution in [2.45, 2.75) is 31.7 Å². The first-order valence-corrected chi connectivity index (χ1v) is 6.47. The number of nitrogens with zero attached hydrogens (tertiary/aromatic N) is 1. The predicted molar refractivity (Wildman–Crippen MR) is 70.8 cm³/mol. The molecular weight excluding hydrogens is 250 g/mol. The minimum Gasteiger partial charge on any atom is -0.345 e. The maximum absolute atomic E-state index is 12.2. The second-order valence-electron chi connectivity index (χ2n) is 4.85. The zero-order chi connectivity index (χ0) is 12.8. The Kier molecular flexibility index (Phi) is 2.55. The Labute approximate surface area is 110 Å². The van der Waals surface area contributed by atoms with Gasteiger partial charge in [-0.3, -0.25) is 9.89 Å². The van der Waals surface area contributed by atoms with Crippen molar-refractivity contribution in [2.75, 3.05) is 0 Å². The van der Waals surface area contributed by atoms with Crippen molar-refractivity contribution in [3.8, 4) is 0 Å². The van der Waals surface area contributed by atoms with Crippen LogP contribution in [0.3, 0.4) is 0 Å². The molecule has 0 spiro atoms. The summed E-state index contributed by atoms with van der Waals surface area (Å²) in [6.45, 7) is 2.09. The number of rotatable bonds is 3. The molecule has 0 bridgehead atoms. The van der Waals surface area contributed by atoms with Crippen molar-refractivity contribution >= 4 is 28.4 Å². The van der Waals surface area contributed by atoms with Gasteiger partial charge in [-0.15, -0.1) is 0 Å². The molecule has 4 nitrogen and oxygen atoms in total. The van der Waals surface area contributed by atoms with Gasteiger partial charge in [0.05, 0.1) is 5.52 Å². The first kappa shape index (κ1) is 11.5. The average Bonchev–Trinajstić information content (AvgIpc) is 3.00. The number of hydrogen-bond acceptors (Lipinski definition) is 2. The molecule has 1 fully saturated rings. The van der Waals surface area contributed by atoms with E-state index in [2.05, 4.69) is 22.4 Å². The maximum Gasteiger partial charge on any atom is 0.272 e. The first-order chi connectivity index (χ1) is 8.63. The van der Waals surface area contributed by atoms with Crippen LogP contribution in [0.1, 0.15) is 36.7 Å². The number of fused-ring (bicyclic) bond motifs is 1. The van der Waals surface area contributed by atoms with Gasteiger partial charge in [0.1, 0.15) is 0 Å². The summed E-state index contributed by atoms with van der Waals surface area (Å²) in [5.41, 5.74) is 1.25. The molecule has 1 aromatic carbocycles. The van der Waals surface area contributed by atoms with Crippen LogP contribution in [0, 0.1) is 0 Å². The number of halogens is 1. The van der Waals surface area contributed by atoms with E-state index in [1.165, 1.54) is 0 Å². The number of hydrogen-bond donors (Lipinski definition) is 2. The number of aromatic nitrogens is 2. The lowest BCUT2D eigenvalue weighted by atomic mass is 10.1. The molecule has 5 heteroatoms. The summed E-state index contributed by atoms with van der Waals surface area (Å²) in [7, 11) is 0. The Morgan fingerprint density at radius 1 is 1.56 bits per heavy atom. The first-order valence-electron chi connectivity index (χ1n) is 6.10. The summed E-state index contributed by atoms with van der Waals surface area (Å²) in [6, 6.07) is 5.37. The third-order valence-electron chi connectivity index (χ3n) is 3.65. The SMILES string of the molecule is CCC1(NC(=O)c2n[nH]c3ccc(Cl)cc23)CC1. The summed E-state index contributed by atoms with van der Waals surface area (Å²) < 4.78 is 0. The summed E-state index contributed by atoms with van der Waals surface area (Å²) in [5, 5.41) is 11.4. The molecule has 0 atom stereocenters. The standard InChI is InChI=1S/C13H14ClN3O/c1-2-13(5-6-13)15-12(18)11-9-7-8(14)3-4-10(9)16-17-11/h3-4,7H,2,5-6H2,1H3,(H,15,18)(H,16,17). The lowest BCUT2D eigenvalue weighted by molar-refractivity contribution is 0.0927. The second kappa shape index (κ2) is 3.99. The largest absolute Gasteiger partial charge is 0.345 e. The zero-order valence-electron chi connectivity index (χ0n) is 10.1. The zero-order valence-corrected chi connectivity index (χ0v) is 10.8. The maximum atomic E-state index is 12.2. The van der Waals surface area contributed by atoms with Crippen LogP contribution in [0.2, 0.25) is 5.02 Å². The highest BCUT2D eigenvalue weighted by Gasteiger charge is 2.42. The van der Waals surface area contributed by atoms with Crippen LogP contribution in [0.4, 0.5) is 0 Å². The van der Waals surface area contributed by atoms with Crippen LogP contribution in [0.15, 0.2) is 18.2 Å². The number of nitrogens with one attached hydrogen (secondary N) is 2. The van der Waals surface area contributed by atoms with E-state index in [1.54, 1.807) is 12.1 Å². The third kappa shape index (κ3) is 1.86. The van der Waals surface area contributed by atoms with Crippen molar-refractivity contribution < 1.29 is 4.79 Å². The van der Waals surface area contributed by atoms with Gasteiger partial charge < -0.3 is 5.32 Å². The van der Waals surface area contributed by atoms with Gasteiger partial charge in [0, 0.05) is 15.9 Å². The van der Waals surface area contributed by atoms with Gasteiger partial charge in [-0.05, 0) is 37.5 Å². The topological polar surface area (TPSA) is 57.8 Å². The summed E-state index contributed by atoms with van der Waals surface area (Å²) in [5.74, 6) is -0.122. The van der Waals surface area contributed by atoms with Gasteiger partial charge in [0.25, 0.3) is 5.91 Å². The minimum absolute atomic E-state index is 0.000924. The van der Waals surface area contributed by atoms with Crippen LogP contribution in [0.5, 0.6) is 0 Å². The monoisotopic (exact) mass is 263 g/mol. The predicted octanol–water partition coefficient (Wildman–Crippen LogP) is 2.89. The molecule has 0 unspecified atom stereocenters. The fourth-order valence-electron chi connectivity index (χ4n) is 2.18. The van der Waals surface area contributed by atoms with E-state index in [4.69, 9.17) is 11.6 Å². The van der Waals surface area contributed by atoms with Crippen LogP contribution in [0.25, 0.3) is 10.9 Å². The van der Waals surface area contributed by atoms with Crippen molar-refractivity contribution in [3.63, 3.8) is 0 Å². The highest BCUT2D eigenvalue weighted by Crippen LogP contribution is 2.38. The Morgan fingerprint density at radius 3 is 3.00 bits per heavy atom. The fourth-order valence-corrected chi connectivity index (χ4v) is 2.35. The Balaban J connectivity index is 1.94. The van der Waals surface area contributed by atoms with Crippen LogP contribution >= 0.6 is 11.6 Å². The molecule has 1 aliphatic rings. The number of amides is 1. The molecule has 0 saturated heterocycles. The lowest BCUT2D eigenvalue weighted by Gasteiger charge is -2.13. The highest BCUT2D eigenvalue weighted by atomic mass is 35.5. The Bertz CT molecular complexity index is 616. The van der Waals surface area contributed by atoms with E-state index in [0.29, 0.717) is 10.7 Å². The average molecular weight is 264 g/mol. The van der Waals surface area contributed by atoms with E-state index in [9.17, 15) is 4.79 Å². The minimum atomic E-state index is -0.122. The van der Waals surface area contributed by atoms with Crippen molar-refractivity contribution in [2.24, 2.45) is 0 Å². The molecule has 0 radical (unpaired) electrons. The molecule has 1 aromatic heterocycles. The van der Waals surface area contributed by atoms with E-state index in [1.807, 2.05) is 6.07 Å². The van der Waals surface area contributed by atoms with E-state index >= 15 is 0 Å². The molecule has 2 aromatic rings. The number of carbonyl (C=O) groups is 1. The number of H-pyrrole nitrogens is 1. The Morgan fingerprint density at radius 2 is 2.33 bits per heavy atom. The van der Waals surface area contributed by atoms with E-state index < -0.39 is 0 Å². The van der Waals surface area contributed by atoms with Gasteiger partial charge in [-0.2, -0.15) is 5.10 Å². The van der Waals surface area contributed by atoms with Gasteiger partial charge in [0.2, 0.25) is 0 Å². The van der Waals surface area contributed by atoms with Crippen molar-refractivity contribution in [1.82, 2.24) is 15.5 Å². The smallest absolute Gasteiger partial charge is 0.272 e. The van der Waals surface area contributed by atoms with Gasteiger partial charge >= 0.3 is 0 Å². The quantitative estimate of drug-likeness (QED) is 0.895. The molecule has 18 heavy (non-hydrogen) atoms. The summed E-state index contributed by atoms with van der Waals surface area (Å²) >= 11 is 5.95. The third-order valence-corrected chi connectivity index (χ3v) is 3.88. The van der Waals surface area contributed by atoms with Crippen molar-refractivity contribution in [1.29, 1.82) is 0 Å². The Hall–Kier alpha value is -1.55. The molecule has 0 aliphatic heterocycles. The molecule has 2 N–H and O–H groups in total. The molecule has 1 saturated carbocycles. The normalized spacial score (nSPS) is 16.8. The highest BCUT2D eigenvalue weighted by molar-refractivity contribution is 6.31. The molecule has 1 amide bonds. The molecule has 1 aliphatic carbocycles. The number of carbonyl (C=O) groups excluding carboxylic acids is 1. The van der Waals surface area contributed by atoms with Crippen molar-refractivity contribution in [3.05, 3.63) is 28.9 Å². The lowest BCUT2D eigenvalue weighted by Crippen LogP contribution is -2.36. The molecular formula is C13H14ClN3O. The summed E-state index contributed by atoms with van der Waals surface area (Å²) in [6.07, 6.45) is 3.07. The second-order valence-corrected chi connectivity index (χ2v) is 5.29. The summed E-state index contributed by atoms with van der Waals surface area (Å²) in [4.78, 5) is 12.2. The van der Waals surface area contributed by atoms with Crippen LogP contribution < -0.4 is 5.32 Å². The molecule has 94 valence electrons. The van der Waals surface area contributed by atoms with E-state index in [-0.39, 0.29) is 11.4 Å². The van der Waals surface area contributed by atoms with Gasteiger partial charge in [-0.25, -0.2) is 0 Å². The van der Waals surface area contributed by atoms with Crippen LogP contribution in [-0.4, -0.2) is 21.6 Å². The number of aromatic amines is 1. The van der Waals surface area contributed by atoms with Gasteiger partial charge in [-0.1, -0.05) is 18.5 Å².